The van der Waals surface area contributed by atoms with Crippen LogP contribution < -0.4 is 9.47 Å². The van der Waals surface area contributed by atoms with E-state index in [4.69, 9.17) is 14.0 Å². The summed E-state index contributed by atoms with van der Waals surface area (Å²) in [6, 6.07) is 4.57. The van der Waals surface area contributed by atoms with Gasteiger partial charge in [-0.2, -0.15) is 4.98 Å². The van der Waals surface area contributed by atoms with Crippen molar-refractivity contribution < 1.29 is 22.4 Å². The van der Waals surface area contributed by atoms with Crippen molar-refractivity contribution in [2.75, 3.05) is 13.2 Å². The third kappa shape index (κ3) is 3.64. The van der Waals surface area contributed by atoms with Crippen molar-refractivity contribution in [3.63, 3.8) is 0 Å². The molecule has 1 aliphatic rings. The summed E-state index contributed by atoms with van der Waals surface area (Å²) in [5, 5.41) is 3.75. The van der Waals surface area contributed by atoms with Crippen molar-refractivity contribution in [1.82, 2.24) is 10.1 Å². The highest BCUT2D eigenvalue weighted by Gasteiger charge is 2.22. The highest BCUT2D eigenvalue weighted by Crippen LogP contribution is 2.32. The molecule has 3 rings (SSSR count). The lowest BCUT2D eigenvalue weighted by Gasteiger charge is -2.18. The van der Waals surface area contributed by atoms with Gasteiger partial charge < -0.3 is 14.0 Å². The minimum Gasteiger partial charge on any atom is -0.486 e. The van der Waals surface area contributed by atoms with Crippen LogP contribution in [0.5, 0.6) is 11.5 Å². The number of rotatable bonds is 5. The quantitative estimate of drug-likeness (QED) is 0.823. The lowest BCUT2D eigenvalue weighted by atomic mass is 10.1. The SMILES string of the molecule is CC(C)Cc1nc(CS(=O)(=O)c2ccc3c(c2)OCCO3)no1. The zero-order valence-corrected chi connectivity index (χ0v) is 13.8. The van der Waals surface area contributed by atoms with Crippen LogP contribution in [-0.2, 0) is 22.0 Å². The van der Waals surface area contributed by atoms with E-state index in [1.807, 2.05) is 13.8 Å². The molecule has 1 aromatic heterocycles. The second-order valence-electron chi connectivity index (χ2n) is 5.77. The highest BCUT2D eigenvalue weighted by atomic mass is 32.2. The minimum absolute atomic E-state index is 0.150. The van der Waals surface area contributed by atoms with E-state index >= 15 is 0 Å². The predicted octanol–water partition coefficient (Wildman–Crippen LogP) is 2.01. The van der Waals surface area contributed by atoms with Crippen molar-refractivity contribution >= 4 is 9.84 Å². The van der Waals surface area contributed by atoms with Gasteiger partial charge in [-0.1, -0.05) is 19.0 Å². The van der Waals surface area contributed by atoms with E-state index in [1.54, 1.807) is 6.07 Å². The topological polar surface area (TPSA) is 91.5 Å². The van der Waals surface area contributed by atoms with Crippen molar-refractivity contribution in [2.45, 2.75) is 30.9 Å². The summed E-state index contributed by atoms with van der Waals surface area (Å²) < 4.78 is 40.9. The molecule has 2 heterocycles. The molecule has 0 atom stereocenters. The average molecular weight is 338 g/mol. The Balaban J connectivity index is 1.80. The summed E-state index contributed by atoms with van der Waals surface area (Å²) >= 11 is 0. The van der Waals surface area contributed by atoms with Gasteiger partial charge in [-0.25, -0.2) is 8.42 Å². The standard InChI is InChI=1S/C15H18N2O5S/c1-10(2)7-15-16-14(17-22-15)9-23(18,19)11-3-4-12-13(8-11)21-6-5-20-12/h3-4,8,10H,5-7,9H2,1-2H3. The Kier molecular flexibility index (Phi) is 4.25. The van der Waals surface area contributed by atoms with Crippen LogP contribution in [0.25, 0.3) is 0 Å². The molecular weight excluding hydrogens is 320 g/mol. The van der Waals surface area contributed by atoms with Crippen LogP contribution in [0.15, 0.2) is 27.6 Å². The smallest absolute Gasteiger partial charge is 0.226 e. The predicted molar refractivity (Wildman–Crippen MR) is 81.2 cm³/mol. The van der Waals surface area contributed by atoms with Gasteiger partial charge in [0.25, 0.3) is 0 Å². The molecule has 0 aliphatic carbocycles. The van der Waals surface area contributed by atoms with Gasteiger partial charge in [-0.15, -0.1) is 0 Å². The fourth-order valence-corrected chi connectivity index (χ4v) is 3.44. The van der Waals surface area contributed by atoms with Gasteiger partial charge >= 0.3 is 0 Å². The number of sulfone groups is 1. The van der Waals surface area contributed by atoms with Crippen molar-refractivity contribution in [3.8, 4) is 11.5 Å². The molecule has 0 amide bonds. The number of hydrogen-bond acceptors (Lipinski definition) is 7. The van der Waals surface area contributed by atoms with Crippen molar-refractivity contribution in [3.05, 3.63) is 29.9 Å². The molecule has 0 fully saturated rings. The van der Waals surface area contributed by atoms with Gasteiger partial charge in [0.1, 0.15) is 19.0 Å². The van der Waals surface area contributed by atoms with Crippen LogP contribution in [0.1, 0.15) is 25.6 Å². The number of ether oxygens (including phenoxy) is 2. The lowest BCUT2D eigenvalue weighted by Crippen LogP contribution is -2.16. The van der Waals surface area contributed by atoms with Gasteiger partial charge in [-0.3, -0.25) is 0 Å². The Morgan fingerprint density at radius 1 is 1.17 bits per heavy atom. The molecule has 1 aromatic carbocycles. The number of aromatic nitrogens is 2. The molecule has 1 aliphatic heterocycles. The summed E-state index contributed by atoms with van der Waals surface area (Å²) in [6.45, 7) is 4.91. The van der Waals surface area contributed by atoms with Crippen LogP contribution >= 0.6 is 0 Å². The summed E-state index contributed by atoms with van der Waals surface area (Å²) in [7, 11) is -3.58. The number of benzene rings is 1. The van der Waals surface area contributed by atoms with Crippen molar-refractivity contribution in [1.29, 1.82) is 0 Å². The van der Waals surface area contributed by atoms with E-state index in [1.165, 1.54) is 12.1 Å². The van der Waals surface area contributed by atoms with Gasteiger partial charge in [0.2, 0.25) is 5.89 Å². The Hall–Kier alpha value is -2.09. The summed E-state index contributed by atoms with van der Waals surface area (Å²) in [4.78, 5) is 4.29. The molecule has 0 bridgehead atoms. The molecule has 0 N–H and O–H groups in total. The minimum atomic E-state index is -3.58. The Labute approximate surface area is 134 Å². The largest absolute Gasteiger partial charge is 0.486 e. The monoisotopic (exact) mass is 338 g/mol. The molecule has 23 heavy (non-hydrogen) atoms. The van der Waals surface area contributed by atoms with Gasteiger partial charge in [0.15, 0.2) is 27.2 Å². The molecule has 0 spiro atoms. The Bertz CT molecular complexity index is 798. The van der Waals surface area contributed by atoms with E-state index in [0.29, 0.717) is 42.9 Å². The van der Waals surface area contributed by atoms with Crippen LogP contribution in [0.3, 0.4) is 0 Å². The summed E-state index contributed by atoms with van der Waals surface area (Å²) in [5.41, 5.74) is 0. The van der Waals surface area contributed by atoms with Gasteiger partial charge in [0, 0.05) is 12.5 Å². The van der Waals surface area contributed by atoms with Crippen LogP contribution in [0.4, 0.5) is 0 Å². The zero-order valence-electron chi connectivity index (χ0n) is 13.0. The van der Waals surface area contributed by atoms with Gasteiger partial charge in [0.05, 0.1) is 4.90 Å². The maximum Gasteiger partial charge on any atom is 0.226 e. The molecule has 124 valence electrons. The third-order valence-corrected chi connectivity index (χ3v) is 4.90. The highest BCUT2D eigenvalue weighted by molar-refractivity contribution is 7.90. The Morgan fingerprint density at radius 2 is 1.91 bits per heavy atom. The van der Waals surface area contributed by atoms with E-state index in [0.717, 1.165) is 0 Å². The van der Waals surface area contributed by atoms with Crippen molar-refractivity contribution in [2.24, 2.45) is 5.92 Å². The lowest BCUT2D eigenvalue weighted by molar-refractivity contribution is 0.171. The maximum atomic E-state index is 12.5. The first-order valence-corrected chi connectivity index (χ1v) is 9.03. The first kappa shape index (κ1) is 15.8. The molecule has 0 radical (unpaired) electrons. The molecule has 2 aromatic rings. The van der Waals surface area contributed by atoms with Crippen LogP contribution in [0.2, 0.25) is 0 Å². The number of hydrogen-bond donors (Lipinski definition) is 0. The fourth-order valence-electron chi connectivity index (χ4n) is 2.25. The molecule has 8 heteroatoms. The van der Waals surface area contributed by atoms with E-state index < -0.39 is 9.84 Å². The van der Waals surface area contributed by atoms with Gasteiger partial charge in [-0.05, 0) is 18.1 Å². The summed E-state index contributed by atoms with van der Waals surface area (Å²) in [5.74, 6) is 1.65. The molecule has 7 nitrogen and oxygen atoms in total. The van der Waals surface area contributed by atoms with E-state index in [-0.39, 0.29) is 16.5 Å². The zero-order chi connectivity index (χ0) is 16.4. The average Bonchev–Trinajstić information content (AvgIpc) is 2.92. The number of fused-ring (bicyclic) bond motifs is 1. The fraction of sp³-hybridized carbons (Fsp3) is 0.467. The second kappa shape index (κ2) is 6.19. The first-order chi connectivity index (χ1) is 10.9. The first-order valence-electron chi connectivity index (χ1n) is 7.38. The third-order valence-electron chi connectivity index (χ3n) is 3.28. The second-order valence-corrected chi connectivity index (χ2v) is 7.76. The molecule has 0 saturated heterocycles. The normalized spacial score (nSPS) is 14.2. The van der Waals surface area contributed by atoms with E-state index in [2.05, 4.69) is 10.1 Å². The molecule has 0 unspecified atom stereocenters. The Morgan fingerprint density at radius 3 is 2.65 bits per heavy atom. The van der Waals surface area contributed by atoms with Crippen LogP contribution in [0, 0.1) is 5.92 Å². The van der Waals surface area contributed by atoms with Crippen LogP contribution in [-0.4, -0.2) is 31.8 Å². The number of nitrogens with zero attached hydrogens (tertiary/aromatic N) is 2. The molecule has 0 saturated carbocycles. The van der Waals surface area contributed by atoms with E-state index in [9.17, 15) is 8.42 Å². The maximum absolute atomic E-state index is 12.5. The summed E-state index contributed by atoms with van der Waals surface area (Å²) in [6.07, 6.45) is 0.622. The molecular formula is C15H18N2O5S.